The van der Waals surface area contributed by atoms with E-state index in [0.717, 1.165) is 0 Å². The molecule has 2 rings (SSSR count). The first-order chi connectivity index (χ1) is 8.61. The average Bonchev–Trinajstić information content (AvgIpc) is 2.38. The van der Waals surface area contributed by atoms with Gasteiger partial charge in [0.1, 0.15) is 5.56 Å². The Balaban J connectivity index is 2.72. The molecular formula is C12H8N2O4. The van der Waals surface area contributed by atoms with Crippen molar-refractivity contribution in [3.05, 3.63) is 47.8 Å². The molecule has 90 valence electrons. The van der Waals surface area contributed by atoms with E-state index >= 15 is 0 Å². The zero-order valence-corrected chi connectivity index (χ0v) is 9.07. The molecule has 0 saturated heterocycles. The Kier molecular flexibility index (Phi) is 3.01. The second-order valence-corrected chi connectivity index (χ2v) is 3.46. The molecule has 0 radical (unpaired) electrons. The second-order valence-electron chi connectivity index (χ2n) is 3.46. The lowest BCUT2D eigenvalue weighted by Gasteiger charge is -2.07. The Bertz CT molecular complexity index is 611. The monoisotopic (exact) mass is 244 g/mol. The largest absolute Gasteiger partial charge is 0.478 e. The minimum Gasteiger partial charge on any atom is -0.478 e. The standard InChI is InChI=1S/C12H8N2O4/c15-11(16)9-8(7-4-2-1-3-5-7)6-13-14-10(9)12(17)18/h1-6H,(H,15,16)(H,17,18). The SMILES string of the molecule is O=C(O)c1nncc(-c2ccccc2)c1C(=O)O. The first-order valence-corrected chi connectivity index (χ1v) is 4.99. The van der Waals surface area contributed by atoms with Crippen molar-refractivity contribution in [1.82, 2.24) is 10.2 Å². The van der Waals surface area contributed by atoms with Gasteiger partial charge in [-0.3, -0.25) is 0 Å². The summed E-state index contributed by atoms with van der Waals surface area (Å²) < 4.78 is 0. The van der Waals surface area contributed by atoms with Gasteiger partial charge in [0, 0.05) is 5.56 Å². The molecule has 1 aromatic heterocycles. The number of carbonyl (C=O) groups is 2. The molecule has 2 aromatic rings. The van der Waals surface area contributed by atoms with Crippen LogP contribution in [0.15, 0.2) is 36.5 Å². The number of rotatable bonds is 3. The van der Waals surface area contributed by atoms with Crippen molar-refractivity contribution in [1.29, 1.82) is 0 Å². The van der Waals surface area contributed by atoms with E-state index in [1.165, 1.54) is 6.20 Å². The molecule has 0 fully saturated rings. The number of hydrogen-bond donors (Lipinski definition) is 2. The van der Waals surface area contributed by atoms with Gasteiger partial charge in [-0.05, 0) is 5.56 Å². The molecule has 18 heavy (non-hydrogen) atoms. The molecule has 0 aliphatic carbocycles. The molecule has 0 unspecified atom stereocenters. The third-order valence-corrected chi connectivity index (χ3v) is 2.35. The minimum absolute atomic E-state index is 0.232. The van der Waals surface area contributed by atoms with Crippen LogP contribution in [0.3, 0.4) is 0 Å². The van der Waals surface area contributed by atoms with Crippen LogP contribution in [0, 0.1) is 0 Å². The third kappa shape index (κ3) is 2.03. The zero-order valence-electron chi connectivity index (χ0n) is 9.07. The third-order valence-electron chi connectivity index (χ3n) is 2.35. The summed E-state index contributed by atoms with van der Waals surface area (Å²) in [5.41, 5.74) is -0.115. The van der Waals surface area contributed by atoms with Gasteiger partial charge in [0.15, 0.2) is 5.69 Å². The molecule has 0 amide bonds. The van der Waals surface area contributed by atoms with Crippen LogP contribution < -0.4 is 0 Å². The quantitative estimate of drug-likeness (QED) is 0.849. The molecular weight excluding hydrogens is 236 g/mol. The number of carboxylic acids is 2. The van der Waals surface area contributed by atoms with E-state index in [9.17, 15) is 9.59 Å². The first kappa shape index (κ1) is 11.7. The van der Waals surface area contributed by atoms with Gasteiger partial charge in [0.05, 0.1) is 6.20 Å². The van der Waals surface area contributed by atoms with Crippen LogP contribution in [0.5, 0.6) is 0 Å². The lowest BCUT2D eigenvalue weighted by atomic mass is 10.0. The molecule has 0 bridgehead atoms. The summed E-state index contributed by atoms with van der Waals surface area (Å²) >= 11 is 0. The maximum absolute atomic E-state index is 11.2. The summed E-state index contributed by atoms with van der Waals surface area (Å²) in [5, 5.41) is 24.9. The van der Waals surface area contributed by atoms with Gasteiger partial charge in [-0.25, -0.2) is 9.59 Å². The summed E-state index contributed by atoms with van der Waals surface area (Å²) in [4.78, 5) is 22.1. The van der Waals surface area contributed by atoms with Crippen molar-refractivity contribution < 1.29 is 19.8 Å². The summed E-state index contributed by atoms with van der Waals surface area (Å²) in [6, 6.07) is 8.57. The maximum Gasteiger partial charge on any atom is 0.357 e. The van der Waals surface area contributed by atoms with Crippen molar-refractivity contribution in [2.24, 2.45) is 0 Å². The fraction of sp³-hybridized carbons (Fsp3) is 0. The van der Waals surface area contributed by atoms with E-state index in [-0.39, 0.29) is 11.1 Å². The number of benzene rings is 1. The van der Waals surface area contributed by atoms with Gasteiger partial charge in [0.2, 0.25) is 0 Å². The van der Waals surface area contributed by atoms with Crippen molar-refractivity contribution in [2.75, 3.05) is 0 Å². The maximum atomic E-state index is 11.2. The van der Waals surface area contributed by atoms with E-state index in [4.69, 9.17) is 10.2 Å². The van der Waals surface area contributed by atoms with E-state index < -0.39 is 17.6 Å². The molecule has 6 heteroatoms. The van der Waals surface area contributed by atoms with Crippen LogP contribution >= 0.6 is 0 Å². The Morgan fingerprint density at radius 1 is 1.00 bits per heavy atom. The van der Waals surface area contributed by atoms with Crippen molar-refractivity contribution in [2.45, 2.75) is 0 Å². The highest BCUT2D eigenvalue weighted by atomic mass is 16.4. The van der Waals surface area contributed by atoms with Crippen LogP contribution in [-0.4, -0.2) is 32.3 Å². The van der Waals surface area contributed by atoms with E-state index in [0.29, 0.717) is 5.56 Å². The first-order valence-electron chi connectivity index (χ1n) is 4.99. The summed E-state index contributed by atoms with van der Waals surface area (Å²) in [7, 11) is 0. The molecule has 0 atom stereocenters. The summed E-state index contributed by atoms with van der Waals surface area (Å²) in [6.07, 6.45) is 1.24. The minimum atomic E-state index is -1.42. The number of aromatic carboxylic acids is 2. The number of carboxylic acid groups (broad SMARTS) is 2. The lowest BCUT2D eigenvalue weighted by Crippen LogP contribution is -2.13. The van der Waals surface area contributed by atoms with Crippen molar-refractivity contribution >= 4 is 11.9 Å². The van der Waals surface area contributed by atoms with Crippen LogP contribution in [-0.2, 0) is 0 Å². The highest BCUT2D eigenvalue weighted by Crippen LogP contribution is 2.24. The summed E-state index contributed by atoms with van der Waals surface area (Å²) in [6.45, 7) is 0. The fourth-order valence-electron chi connectivity index (χ4n) is 1.59. The average molecular weight is 244 g/mol. The molecule has 1 aromatic carbocycles. The Morgan fingerprint density at radius 3 is 2.22 bits per heavy atom. The fourth-order valence-corrected chi connectivity index (χ4v) is 1.59. The Labute approximate surface area is 102 Å². The van der Waals surface area contributed by atoms with Gasteiger partial charge >= 0.3 is 11.9 Å². The molecule has 1 heterocycles. The van der Waals surface area contributed by atoms with Crippen LogP contribution in [0.1, 0.15) is 20.8 Å². The Morgan fingerprint density at radius 2 is 1.67 bits per heavy atom. The zero-order chi connectivity index (χ0) is 13.1. The van der Waals surface area contributed by atoms with E-state index in [1.54, 1.807) is 30.3 Å². The molecule has 2 N–H and O–H groups in total. The normalized spacial score (nSPS) is 10.0. The van der Waals surface area contributed by atoms with E-state index in [2.05, 4.69) is 10.2 Å². The van der Waals surface area contributed by atoms with Crippen LogP contribution in [0.4, 0.5) is 0 Å². The molecule has 0 spiro atoms. The van der Waals surface area contributed by atoms with Gasteiger partial charge < -0.3 is 10.2 Å². The lowest BCUT2D eigenvalue weighted by molar-refractivity contribution is 0.0645. The van der Waals surface area contributed by atoms with Gasteiger partial charge in [-0.15, -0.1) is 5.10 Å². The van der Waals surface area contributed by atoms with Gasteiger partial charge in [0.25, 0.3) is 0 Å². The van der Waals surface area contributed by atoms with Gasteiger partial charge in [-0.2, -0.15) is 5.10 Å². The van der Waals surface area contributed by atoms with E-state index in [1.807, 2.05) is 0 Å². The molecule has 6 nitrogen and oxygen atoms in total. The number of nitrogens with zero attached hydrogens (tertiary/aromatic N) is 2. The summed E-state index contributed by atoms with van der Waals surface area (Å²) in [5.74, 6) is -2.76. The molecule has 0 aliphatic rings. The second kappa shape index (κ2) is 4.62. The van der Waals surface area contributed by atoms with Crippen molar-refractivity contribution in [3.63, 3.8) is 0 Å². The number of aromatic nitrogens is 2. The number of hydrogen-bond acceptors (Lipinski definition) is 4. The van der Waals surface area contributed by atoms with Crippen molar-refractivity contribution in [3.8, 4) is 11.1 Å². The smallest absolute Gasteiger partial charge is 0.357 e. The predicted molar refractivity (Wildman–Crippen MR) is 61.4 cm³/mol. The molecule has 0 aliphatic heterocycles. The van der Waals surface area contributed by atoms with Crippen LogP contribution in [0.25, 0.3) is 11.1 Å². The molecule has 0 saturated carbocycles. The topological polar surface area (TPSA) is 100 Å². The van der Waals surface area contributed by atoms with Crippen LogP contribution in [0.2, 0.25) is 0 Å². The van der Waals surface area contributed by atoms with Gasteiger partial charge in [-0.1, -0.05) is 30.3 Å². The Hall–Kier alpha value is -2.76. The highest BCUT2D eigenvalue weighted by molar-refractivity contribution is 6.05. The predicted octanol–water partition coefficient (Wildman–Crippen LogP) is 1.54. The highest BCUT2D eigenvalue weighted by Gasteiger charge is 2.23.